The molecule has 0 heterocycles. The maximum absolute atomic E-state index is 2.37. The summed E-state index contributed by atoms with van der Waals surface area (Å²) in [5, 5.41) is 0. The fourth-order valence-corrected chi connectivity index (χ4v) is 1.42. The second-order valence-corrected chi connectivity index (χ2v) is 3.68. The highest BCUT2D eigenvalue weighted by atomic mass is 14.5. The van der Waals surface area contributed by atoms with Crippen molar-refractivity contribution in [3.05, 3.63) is 0 Å². The molecule has 48 valence electrons. The molecule has 0 bridgehead atoms. The van der Waals surface area contributed by atoms with Crippen LogP contribution < -0.4 is 0 Å². The Labute approximate surface area is 52.3 Å². The van der Waals surface area contributed by atoms with Crippen LogP contribution in [0.5, 0.6) is 0 Å². The molecule has 0 heteroatoms. The molecule has 1 fully saturated rings. The lowest BCUT2D eigenvalue weighted by Crippen LogP contribution is -1.88. The zero-order valence-corrected chi connectivity index (χ0v) is 6.20. The first-order valence-corrected chi connectivity index (χ1v) is 3.67. The normalized spacial score (nSPS) is 32.6. The van der Waals surface area contributed by atoms with E-state index in [9.17, 15) is 0 Å². The van der Waals surface area contributed by atoms with Crippen LogP contribution in [-0.4, -0.2) is 0 Å². The van der Waals surface area contributed by atoms with Crippen molar-refractivity contribution in [2.75, 3.05) is 0 Å². The zero-order chi connectivity index (χ0) is 6.20. The highest BCUT2D eigenvalue weighted by Crippen LogP contribution is 2.53. The molecule has 0 amide bonds. The van der Waals surface area contributed by atoms with Crippen molar-refractivity contribution in [2.24, 2.45) is 11.3 Å². The summed E-state index contributed by atoms with van der Waals surface area (Å²) in [6.45, 7) is 7.01. The van der Waals surface area contributed by atoms with E-state index in [0.717, 1.165) is 11.3 Å². The van der Waals surface area contributed by atoms with Crippen molar-refractivity contribution in [3.63, 3.8) is 0 Å². The Bertz CT molecular complexity index is 82.0. The second kappa shape index (κ2) is 1.75. The molecule has 1 saturated carbocycles. The van der Waals surface area contributed by atoms with E-state index in [-0.39, 0.29) is 0 Å². The maximum atomic E-state index is 2.37. The van der Waals surface area contributed by atoms with Crippen LogP contribution in [0.4, 0.5) is 0 Å². The average molecular weight is 112 g/mol. The monoisotopic (exact) mass is 112 g/mol. The standard InChI is InChI=1S/C8H16/c1-4-5-7-6-8(7,2)3/h7H,4-6H2,1-3H3. The van der Waals surface area contributed by atoms with Crippen LogP contribution in [0.2, 0.25) is 0 Å². The van der Waals surface area contributed by atoms with Crippen molar-refractivity contribution < 1.29 is 0 Å². The highest BCUT2D eigenvalue weighted by Gasteiger charge is 2.44. The van der Waals surface area contributed by atoms with Crippen LogP contribution >= 0.6 is 0 Å². The molecule has 0 aliphatic heterocycles. The SMILES string of the molecule is CCCC1CC1(C)C. The Morgan fingerprint density at radius 2 is 2.00 bits per heavy atom. The number of hydrogen-bond acceptors (Lipinski definition) is 0. The average Bonchev–Trinajstić information content (AvgIpc) is 2.15. The topological polar surface area (TPSA) is 0 Å². The Balaban J connectivity index is 2.17. The first kappa shape index (κ1) is 6.12. The lowest BCUT2D eigenvalue weighted by atomic mass is 10.1. The molecule has 0 nitrogen and oxygen atoms in total. The van der Waals surface area contributed by atoms with Gasteiger partial charge in [0.15, 0.2) is 0 Å². The van der Waals surface area contributed by atoms with E-state index in [2.05, 4.69) is 20.8 Å². The summed E-state index contributed by atoms with van der Waals surface area (Å²) in [5.74, 6) is 1.06. The minimum absolute atomic E-state index is 0.718. The molecule has 1 atom stereocenters. The van der Waals surface area contributed by atoms with Crippen LogP contribution in [0.15, 0.2) is 0 Å². The Kier molecular flexibility index (Phi) is 1.34. The maximum Gasteiger partial charge on any atom is -0.0323 e. The van der Waals surface area contributed by atoms with Crippen molar-refractivity contribution in [1.82, 2.24) is 0 Å². The molecule has 0 saturated heterocycles. The van der Waals surface area contributed by atoms with Gasteiger partial charge in [0.25, 0.3) is 0 Å². The largest absolute Gasteiger partial charge is 0.0654 e. The molecule has 0 aromatic heterocycles. The highest BCUT2D eigenvalue weighted by molar-refractivity contribution is 4.94. The smallest absolute Gasteiger partial charge is 0.0323 e. The first-order valence-electron chi connectivity index (χ1n) is 3.67. The summed E-state index contributed by atoms with van der Waals surface area (Å²) >= 11 is 0. The van der Waals surface area contributed by atoms with Gasteiger partial charge in [-0.3, -0.25) is 0 Å². The van der Waals surface area contributed by atoms with Gasteiger partial charge in [0.1, 0.15) is 0 Å². The van der Waals surface area contributed by atoms with Gasteiger partial charge in [-0.2, -0.15) is 0 Å². The molecule has 0 radical (unpaired) electrons. The van der Waals surface area contributed by atoms with Crippen LogP contribution in [0.25, 0.3) is 0 Å². The van der Waals surface area contributed by atoms with Gasteiger partial charge in [0.2, 0.25) is 0 Å². The predicted octanol–water partition coefficient (Wildman–Crippen LogP) is 2.83. The summed E-state index contributed by atoms with van der Waals surface area (Å²) in [7, 11) is 0. The molecule has 1 aliphatic carbocycles. The van der Waals surface area contributed by atoms with Gasteiger partial charge >= 0.3 is 0 Å². The fourth-order valence-electron chi connectivity index (χ4n) is 1.42. The van der Waals surface area contributed by atoms with Crippen molar-refractivity contribution >= 4 is 0 Å². The van der Waals surface area contributed by atoms with Gasteiger partial charge < -0.3 is 0 Å². The molecular formula is C8H16. The number of hydrogen-bond donors (Lipinski definition) is 0. The Morgan fingerprint density at radius 1 is 1.50 bits per heavy atom. The minimum Gasteiger partial charge on any atom is -0.0654 e. The van der Waals surface area contributed by atoms with Gasteiger partial charge in [-0.05, 0) is 17.8 Å². The van der Waals surface area contributed by atoms with Gasteiger partial charge in [0.05, 0.1) is 0 Å². The van der Waals surface area contributed by atoms with Gasteiger partial charge in [0, 0.05) is 0 Å². The van der Waals surface area contributed by atoms with Crippen LogP contribution in [-0.2, 0) is 0 Å². The van der Waals surface area contributed by atoms with Gasteiger partial charge in [-0.15, -0.1) is 0 Å². The van der Waals surface area contributed by atoms with E-state index in [1.807, 2.05) is 0 Å². The van der Waals surface area contributed by atoms with E-state index in [1.165, 1.54) is 19.3 Å². The lowest BCUT2D eigenvalue weighted by molar-refractivity contribution is 0.528. The third kappa shape index (κ3) is 1.04. The Hall–Kier alpha value is 0. The van der Waals surface area contributed by atoms with E-state index >= 15 is 0 Å². The third-order valence-electron chi connectivity index (χ3n) is 2.35. The molecule has 0 aromatic rings. The zero-order valence-electron chi connectivity index (χ0n) is 6.20. The third-order valence-corrected chi connectivity index (χ3v) is 2.35. The summed E-state index contributed by atoms with van der Waals surface area (Å²) in [6, 6.07) is 0. The fraction of sp³-hybridized carbons (Fsp3) is 1.00. The summed E-state index contributed by atoms with van der Waals surface area (Å²) < 4.78 is 0. The summed E-state index contributed by atoms with van der Waals surface area (Å²) in [6.07, 6.45) is 4.29. The predicted molar refractivity (Wildman–Crippen MR) is 36.8 cm³/mol. The first-order chi connectivity index (χ1) is 3.67. The quantitative estimate of drug-likeness (QED) is 0.515. The minimum atomic E-state index is 0.718. The van der Waals surface area contributed by atoms with E-state index < -0.39 is 0 Å². The summed E-state index contributed by atoms with van der Waals surface area (Å²) in [5.41, 5.74) is 0.718. The molecule has 0 aromatic carbocycles. The number of rotatable bonds is 2. The van der Waals surface area contributed by atoms with Gasteiger partial charge in [-0.1, -0.05) is 33.6 Å². The molecule has 1 aliphatic rings. The molecular weight excluding hydrogens is 96.1 g/mol. The molecule has 8 heavy (non-hydrogen) atoms. The molecule has 1 unspecified atom stereocenters. The van der Waals surface area contributed by atoms with Gasteiger partial charge in [-0.25, -0.2) is 0 Å². The second-order valence-electron chi connectivity index (χ2n) is 3.68. The molecule has 0 N–H and O–H groups in total. The van der Waals surface area contributed by atoms with Crippen molar-refractivity contribution in [2.45, 2.75) is 40.0 Å². The Morgan fingerprint density at radius 3 is 2.12 bits per heavy atom. The van der Waals surface area contributed by atoms with E-state index in [0.29, 0.717) is 0 Å². The van der Waals surface area contributed by atoms with Crippen LogP contribution in [0.3, 0.4) is 0 Å². The van der Waals surface area contributed by atoms with Crippen LogP contribution in [0, 0.1) is 11.3 Å². The van der Waals surface area contributed by atoms with Crippen molar-refractivity contribution in [3.8, 4) is 0 Å². The lowest BCUT2D eigenvalue weighted by Gasteiger charge is -1.98. The molecule has 1 rings (SSSR count). The van der Waals surface area contributed by atoms with E-state index in [4.69, 9.17) is 0 Å². The van der Waals surface area contributed by atoms with Crippen molar-refractivity contribution in [1.29, 1.82) is 0 Å². The van der Waals surface area contributed by atoms with Crippen LogP contribution in [0.1, 0.15) is 40.0 Å². The molecule has 0 spiro atoms. The van der Waals surface area contributed by atoms with E-state index in [1.54, 1.807) is 0 Å². The summed E-state index contributed by atoms with van der Waals surface area (Å²) in [4.78, 5) is 0.